The summed E-state index contributed by atoms with van der Waals surface area (Å²) in [4.78, 5) is 11.9. The lowest BCUT2D eigenvalue weighted by molar-refractivity contribution is 0.0994. The Balaban J connectivity index is 2.14. The summed E-state index contributed by atoms with van der Waals surface area (Å²) in [5.41, 5.74) is 0.467. The lowest BCUT2D eigenvalue weighted by Gasteiger charge is -2.05. The molecule has 2 rings (SSSR count). The van der Waals surface area contributed by atoms with Gasteiger partial charge in [-0.3, -0.25) is 4.79 Å². The standard InChI is InChI=1S/C16H14FNO3/c1-2-12-6-8-15(21-12)16(20)18-14-7-5-11(4-3-9-19)10-13(14)17/h5-8,10,19H,2,9H2,1H3,(H,18,20). The summed E-state index contributed by atoms with van der Waals surface area (Å²) in [7, 11) is 0. The van der Waals surface area contributed by atoms with Crippen LogP contribution in [0.3, 0.4) is 0 Å². The minimum Gasteiger partial charge on any atom is -0.456 e. The molecule has 0 aliphatic carbocycles. The SMILES string of the molecule is CCc1ccc(C(=O)Nc2ccc(C#CCO)cc2F)o1. The Morgan fingerprint density at radius 2 is 2.19 bits per heavy atom. The normalized spacial score (nSPS) is 9.86. The average Bonchev–Trinajstić information content (AvgIpc) is 2.96. The molecule has 2 aromatic rings. The van der Waals surface area contributed by atoms with Gasteiger partial charge >= 0.3 is 0 Å². The Labute approximate surface area is 121 Å². The topological polar surface area (TPSA) is 62.5 Å². The second-order valence-electron chi connectivity index (χ2n) is 4.23. The molecule has 1 heterocycles. The van der Waals surface area contributed by atoms with E-state index in [0.29, 0.717) is 17.7 Å². The molecular weight excluding hydrogens is 273 g/mol. The van der Waals surface area contributed by atoms with Gasteiger partial charge in [0, 0.05) is 12.0 Å². The molecule has 0 fully saturated rings. The van der Waals surface area contributed by atoms with Crippen LogP contribution in [0.2, 0.25) is 0 Å². The van der Waals surface area contributed by atoms with Crippen molar-refractivity contribution in [3.05, 3.63) is 53.2 Å². The van der Waals surface area contributed by atoms with Gasteiger partial charge in [0.15, 0.2) is 5.76 Å². The zero-order valence-corrected chi connectivity index (χ0v) is 11.4. The van der Waals surface area contributed by atoms with Gasteiger partial charge in [-0.1, -0.05) is 18.8 Å². The van der Waals surface area contributed by atoms with Crippen LogP contribution in [0.15, 0.2) is 34.7 Å². The largest absolute Gasteiger partial charge is 0.456 e. The molecule has 0 aliphatic heterocycles. The minimum atomic E-state index is -0.602. The zero-order valence-electron chi connectivity index (χ0n) is 11.4. The van der Waals surface area contributed by atoms with Crippen molar-refractivity contribution in [3.63, 3.8) is 0 Å². The number of hydrogen-bond donors (Lipinski definition) is 2. The van der Waals surface area contributed by atoms with Crippen LogP contribution < -0.4 is 5.32 Å². The number of aliphatic hydroxyl groups is 1. The molecule has 0 radical (unpaired) electrons. The van der Waals surface area contributed by atoms with E-state index < -0.39 is 11.7 Å². The summed E-state index contributed by atoms with van der Waals surface area (Å²) in [5, 5.41) is 11.0. The summed E-state index contributed by atoms with van der Waals surface area (Å²) in [6.45, 7) is 1.62. The molecule has 0 atom stereocenters. The van der Waals surface area contributed by atoms with Gasteiger partial charge < -0.3 is 14.8 Å². The van der Waals surface area contributed by atoms with Crippen molar-refractivity contribution in [2.45, 2.75) is 13.3 Å². The number of amides is 1. The molecule has 0 spiro atoms. The highest BCUT2D eigenvalue weighted by molar-refractivity contribution is 6.02. The minimum absolute atomic E-state index is 0.0454. The summed E-state index contributed by atoms with van der Waals surface area (Å²) >= 11 is 0. The molecule has 5 heteroatoms. The van der Waals surface area contributed by atoms with Crippen molar-refractivity contribution in [2.75, 3.05) is 11.9 Å². The number of aryl methyl sites for hydroxylation is 1. The first kappa shape index (κ1) is 14.8. The number of rotatable bonds is 3. The van der Waals surface area contributed by atoms with E-state index in [1.165, 1.54) is 12.1 Å². The molecule has 1 aromatic heterocycles. The summed E-state index contributed by atoms with van der Waals surface area (Å²) in [5.74, 6) is 4.72. The van der Waals surface area contributed by atoms with Crippen molar-refractivity contribution >= 4 is 11.6 Å². The number of carbonyl (C=O) groups is 1. The van der Waals surface area contributed by atoms with Gasteiger partial charge in [-0.2, -0.15) is 0 Å². The van der Waals surface area contributed by atoms with Crippen molar-refractivity contribution in [1.29, 1.82) is 0 Å². The van der Waals surface area contributed by atoms with E-state index in [2.05, 4.69) is 17.2 Å². The summed E-state index contributed by atoms with van der Waals surface area (Å²) in [6, 6.07) is 7.42. The smallest absolute Gasteiger partial charge is 0.291 e. The molecule has 1 aromatic carbocycles. The van der Waals surface area contributed by atoms with Crippen molar-refractivity contribution < 1.29 is 18.7 Å². The molecule has 0 aliphatic rings. The van der Waals surface area contributed by atoms with Crippen LogP contribution in [-0.4, -0.2) is 17.6 Å². The van der Waals surface area contributed by atoms with E-state index in [4.69, 9.17) is 9.52 Å². The van der Waals surface area contributed by atoms with Gasteiger partial charge in [0.25, 0.3) is 5.91 Å². The molecule has 2 N–H and O–H groups in total. The quantitative estimate of drug-likeness (QED) is 0.853. The van der Waals surface area contributed by atoms with Crippen molar-refractivity contribution in [3.8, 4) is 11.8 Å². The predicted molar refractivity (Wildman–Crippen MR) is 76.4 cm³/mol. The van der Waals surface area contributed by atoms with Gasteiger partial charge in [0.1, 0.15) is 18.2 Å². The van der Waals surface area contributed by atoms with Gasteiger partial charge in [-0.25, -0.2) is 4.39 Å². The molecular formula is C16H14FNO3. The molecule has 1 amide bonds. The average molecular weight is 287 g/mol. The van der Waals surface area contributed by atoms with Crippen molar-refractivity contribution in [2.24, 2.45) is 0 Å². The molecule has 0 saturated carbocycles. The highest BCUT2D eigenvalue weighted by Gasteiger charge is 2.13. The van der Waals surface area contributed by atoms with Gasteiger partial charge in [0.05, 0.1) is 5.69 Å². The summed E-state index contributed by atoms with van der Waals surface area (Å²) < 4.78 is 19.1. The highest BCUT2D eigenvalue weighted by atomic mass is 19.1. The van der Waals surface area contributed by atoms with E-state index in [9.17, 15) is 9.18 Å². The van der Waals surface area contributed by atoms with E-state index in [1.807, 2.05) is 6.92 Å². The lowest BCUT2D eigenvalue weighted by atomic mass is 10.2. The third kappa shape index (κ3) is 3.71. The maximum absolute atomic E-state index is 13.8. The number of furan rings is 1. The number of carbonyl (C=O) groups excluding carboxylic acids is 1. The monoisotopic (exact) mass is 287 g/mol. The number of nitrogens with one attached hydrogen (secondary N) is 1. The molecule has 0 bridgehead atoms. The third-order valence-corrected chi connectivity index (χ3v) is 2.76. The van der Waals surface area contributed by atoms with Gasteiger partial charge in [-0.05, 0) is 30.3 Å². The molecule has 21 heavy (non-hydrogen) atoms. The number of halogens is 1. The van der Waals surface area contributed by atoms with Gasteiger partial charge in [0.2, 0.25) is 0 Å². The fraction of sp³-hybridized carbons (Fsp3) is 0.188. The van der Waals surface area contributed by atoms with Crippen LogP contribution in [0.1, 0.15) is 28.8 Å². The summed E-state index contributed by atoms with van der Waals surface area (Å²) in [6.07, 6.45) is 0.680. The zero-order chi connectivity index (χ0) is 15.2. The van der Waals surface area contributed by atoms with Crippen molar-refractivity contribution in [1.82, 2.24) is 0 Å². The Morgan fingerprint density at radius 3 is 2.81 bits per heavy atom. The predicted octanol–water partition coefficient (Wildman–Crippen LogP) is 2.58. The maximum atomic E-state index is 13.8. The lowest BCUT2D eigenvalue weighted by Crippen LogP contribution is -2.12. The van der Waals surface area contributed by atoms with Crippen LogP contribution in [0, 0.1) is 17.7 Å². The van der Waals surface area contributed by atoms with E-state index in [1.54, 1.807) is 18.2 Å². The Kier molecular flexibility index (Phi) is 4.75. The number of anilines is 1. The third-order valence-electron chi connectivity index (χ3n) is 2.76. The maximum Gasteiger partial charge on any atom is 0.291 e. The second-order valence-corrected chi connectivity index (χ2v) is 4.23. The second kappa shape index (κ2) is 6.73. The molecule has 4 nitrogen and oxygen atoms in total. The van der Waals surface area contributed by atoms with Crippen LogP contribution in [0.25, 0.3) is 0 Å². The van der Waals surface area contributed by atoms with Crippen LogP contribution in [0.4, 0.5) is 10.1 Å². The molecule has 0 unspecified atom stereocenters. The first-order valence-electron chi connectivity index (χ1n) is 6.43. The fourth-order valence-corrected chi connectivity index (χ4v) is 1.71. The number of benzene rings is 1. The Morgan fingerprint density at radius 1 is 1.38 bits per heavy atom. The first-order valence-corrected chi connectivity index (χ1v) is 6.43. The number of hydrogen-bond acceptors (Lipinski definition) is 3. The Bertz CT molecular complexity index is 710. The van der Waals surface area contributed by atoms with Crippen LogP contribution in [-0.2, 0) is 6.42 Å². The number of aliphatic hydroxyl groups excluding tert-OH is 1. The van der Waals surface area contributed by atoms with E-state index >= 15 is 0 Å². The fourth-order valence-electron chi connectivity index (χ4n) is 1.71. The van der Waals surface area contributed by atoms with E-state index in [0.717, 1.165) is 0 Å². The first-order chi connectivity index (χ1) is 10.1. The highest BCUT2D eigenvalue weighted by Crippen LogP contribution is 2.17. The van der Waals surface area contributed by atoms with Gasteiger partial charge in [-0.15, -0.1) is 0 Å². The Hall–Kier alpha value is -2.58. The van der Waals surface area contributed by atoms with Crippen LogP contribution in [0.5, 0.6) is 0 Å². The molecule has 108 valence electrons. The molecule has 0 saturated heterocycles. The van der Waals surface area contributed by atoms with Crippen LogP contribution >= 0.6 is 0 Å². The van der Waals surface area contributed by atoms with E-state index in [-0.39, 0.29) is 18.1 Å².